The molecule has 0 spiro atoms. The number of hydrogen-bond acceptors (Lipinski definition) is 7. The molecule has 0 saturated carbocycles. The van der Waals surface area contributed by atoms with E-state index in [2.05, 4.69) is 38.3 Å². The highest BCUT2D eigenvalue weighted by Gasteiger charge is 2.35. The number of hydrogen-bond donors (Lipinski definition) is 1. The normalized spacial score (nSPS) is 15.1. The van der Waals surface area contributed by atoms with Gasteiger partial charge in [0.15, 0.2) is 0 Å². The van der Waals surface area contributed by atoms with Crippen LogP contribution in [0.15, 0.2) is 69.4 Å². The molecule has 1 aliphatic heterocycles. The maximum atomic E-state index is 12.9. The third-order valence-corrected chi connectivity index (χ3v) is 6.37. The predicted molar refractivity (Wildman–Crippen MR) is 132 cm³/mol. The van der Waals surface area contributed by atoms with E-state index in [0.717, 1.165) is 27.1 Å². The number of ether oxygens (including phenoxy) is 2. The fraction of sp³-hybridized carbons (Fsp3) is 0.292. The number of carbonyl (C=O) groups is 1. The lowest BCUT2D eigenvalue weighted by atomic mass is 9.96. The average molecular weight is 529 g/mol. The predicted octanol–water partition coefficient (Wildman–Crippen LogP) is 5.58. The molecule has 1 atom stereocenters. The van der Waals surface area contributed by atoms with Crippen molar-refractivity contribution in [1.29, 1.82) is 0 Å². The first-order valence-corrected chi connectivity index (χ1v) is 12.5. The SMILES string of the molecule is CCOC(=O)C1=C(C)Nc2nc(SCC)nn2C1c1ccc(OCc2ccc(Br)cc2)cc1. The van der Waals surface area contributed by atoms with Crippen LogP contribution in [0.4, 0.5) is 5.95 Å². The number of benzene rings is 2. The third-order valence-electron chi connectivity index (χ3n) is 5.12. The number of thioether (sulfide) groups is 1. The van der Waals surface area contributed by atoms with Crippen molar-refractivity contribution >= 4 is 39.6 Å². The van der Waals surface area contributed by atoms with Gasteiger partial charge in [0.1, 0.15) is 18.4 Å². The van der Waals surface area contributed by atoms with Gasteiger partial charge in [0.25, 0.3) is 0 Å². The highest BCUT2D eigenvalue weighted by Crippen LogP contribution is 2.37. The second-order valence-corrected chi connectivity index (χ2v) is 9.51. The van der Waals surface area contributed by atoms with E-state index in [-0.39, 0.29) is 5.97 Å². The van der Waals surface area contributed by atoms with Gasteiger partial charge >= 0.3 is 5.97 Å². The molecular weight excluding hydrogens is 504 g/mol. The summed E-state index contributed by atoms with van der Waals surface area (Å²) in [5.41, 5.74) is 3.21. The maximum absolute atomic E-state index is 12.9. The molecule has 33 heavy (non-hydrogen) atoms. The molecule has 0 aliphatic carbocycles. The van der Waals surface area contributed by atoms with Crippen molar-refractivity contribution in [2.24, 2.45) is 0 Å². The minimum atomic E-state index is -0.445. The summed E-state index contributed by atoms with van der Waals surface area (Å²) in [6, 6.07) is 15.3. The molecule has 2 aromatic carbocycles. The summed E-state index contributed by atoms with van der Waals surface area (Å²) in [5.74, 6) is 1.84. The quantitative estimate of drug-likeness (QED) is 0.301. The van der Waals surface area contributed by atoms with E-state index in [4.69, 9.17) is 9.47 Å². The minimum absolute atomic E-state index is 0.298. The molecule has 172 valence electrons. The molecule has 1 aromatic heterocycles. The number of nitrogens with zero attached hydrogens (tertiary/aromatic N) is 3. The zero-order valence-electron chi connectivity index (χ0n) is 18.7. The first-order chi connectivity index (χ1) is 16.0. The Hall–Kier alpha value is -2.78. The Kier molecular flexibility index (Phi) is 7.39. The molecule has 0 bridgehead atoms. The molecule has 3 aromatic rings. The second-order valence-electron chi connectivity index (χ2n) is 7.37. The Morgan fingerprint density at radius 1 is 1.15 bits per heavy atom. The fourth-order valence-corrected chi connectivity index (χ4v) is 4.42. The first-order valence-electron chi connectivity index (χ1n) is 10.7. The molecule has 7 nitrogen and oxygen atoms in total. The van der Waals surface area contributed by atoms with Crippen LogP contribution in [0.2, 0.25) is 0 Å². The molecule has 1 unspecified atom stereocenters. The Morgan fingerprint density at radius 2 is 1.88 bits per heavy atom. The van der Waals surface area contributed by atoms with Crippen molar-refractivity contribution in [2.45, 2.75) is 38.6 Å². The van der Waals surface area contributed by atoms with E-state index in [1.165, 1.54) is 0 Å². The van der Waals surface area contributed by atoms with Crippen LogP contribution in [0.5, 0.6) is 5.75 Å². The van der Waals surface area contributed by atoms with Gasteiger partial charge in [-0.15, -0.1) is 5.10 Å². The largest absolute Gasteiger partial charge is 0.489 e. The van der Waals surface area contributed by atoms with E-state index in [9.17, 15) is 4.79 Å². The van der Waals surface area contributed by atoms with Gasteiger partial charge in [-0.1, -0.05) is 58.9 Å². The molecule has 0 amide bonds. The molecule has 1 aliphatic rings. The lowest BCUT2D eigenvalue weighted by Crippen LogP contribution is -2.29. The van der Waals surface area contributed by atoms with Gasteiger partial charge in [0.05, 0.1) is 12.2 Å². The number of rotatable bonds is 8. The summed E-state index contributed by atoms with van der Waals surface area (Å²) >= 11 is 5.00. The first kappa shape index (κ1) is 23.4. The molecule has 2 heterocycles. The van der Waals surface area contributed by atoms with Gasteiger partial charge in [-0.05, 0) is 55.0 Å². The molecule has 0 saturated heterocycles. The van der Waals surface area contributed by atoms with Gasteiger partial charge in [-0.3, -0.25) is 0 Å². The van der Waals surface area contributed by atoms with Crippen LogP contribution >= 0.6 is 27.7 Å². The lowest BCUT2D eigenvalue weighted by Gasteiger charge is -2.28. The van der Waals surface area contributed by atoms with Crippen LogP contribution < -0.4 is 10.1 Å². The van der Waals surface area contributed by atoms with Gasteiger partial charge in [0.2, 0.25) is 11.1 Å². The Balaban J connectivity index is 1.62. The smallest absolute Gasteiger partial charge is 0.338 e. The fourth-order valence-electron chi connectivity index (χ4n) is 3.60. The summed E-state index contributed by atoms with van der Waals surface area (Å²) in [4.78, 5) is 17.5. The highest BCUT2D eigenvalue weighted by atomic mass is 79.9. The van der Waals surface area contributed by atoms with Crippen molar-refractivity contribution in [2.75, 3.05) is 17.7 Å². The monoisotopic (exact) mass is 528 g/mol. The van der Waals surface area contributed by atoms with Crippen molar-refractivity contribution < 1.29 is 14.3 Å². The Labute approximate surface area is 205 Å². The number of carbonyl (C=O) groups excluding carboxylic acids is 1. The van der Waals surface area contributed by atoms with Crippen molar-refractivity contribution in [3.8, 4) is 5.75 Å². The molecule has 0 fully saturated rings. The maximum Gasteiger partial charge on any atom is 0.338 e. The van der Waals surface area contributed by atoms with Gasteiger partial charge in [-0.25, -0.2) is 9.48 Å². The van der Waals surface area contributed by atoms with E-state index in [1.54, 1.807) is 23.4 Å². The molecular formula is C24H25BrN4O3S. The molecule has 4 rings (SSSR count). The van der Waals surface area contributed by atoms with E-state index in [1.807, 2.05) is 55.5 Å². The van der Waals surface area contributed by atoms with Crippen molar-refractivity contribution in [3.05, 3.63) is 75.4 Å². The number of aromatic nitrogens is 3. The van der Waals surface area contributed by atoms with Crippen molar-refractivity contribution in [1.82, 2.24) is 14.8 Å². The van der Waals surface area contributed by atoms with Crippen LogP contribution in [0.25, 0.3) is 0 Å². The number of nitrogens with one attached hydrogen (secondary N) is 1. The zero-order valence-corrected chi connectivity index (χ0v) is 21.1. The topological polar surface area (TPSA) is 78.3 Å². The van der Waals surface area contributed by atoms with Crippen LogP contribution in [-0.2, 0) is 16.1 Å². The summed E-state index contributed by atoms with van der Waals surface area (Å²) < 4.78 is 14.1. The van der Waals surface area contributed by atoms with E-state index >= 15 is 0 Å². The summed E-state index contributed by atoms with van der Waals surface area (Å²) in [6.07, 6.45) is 0. The average Bonchev–Trinajstić information content (AvgIpc) is 3.20. The van der Waals surface area contributed by atoms with Crippen LogP contribution in [0, 0.1) is 0 Å². The summed E-state index contributed by atoms with van der Waals surface area (Å²) in [7, 11) is 0. The number of fused-ring (bicyclic) bond motifs is 1. The minimum Gasteiger partial charge on any atom is -0.489 e. The standard InChI is InChI=1S/C24H25BrN4O3S/c1-4-31-22(30)20-15(3)26-23-27-24(33-5-2)28-29(23)21(20)17-8-12-19(13-9-17)32-14-16-6-10-18(25)11-7-16/h6-13,21H,4-5,14H2,1-3H3,(H,26,27,28). The molecule has 9 heteroatoms. The summed E-state index contributed by atoms with van der Waals surface area (Å²) in [6.45, 7) is 6.48. The summed E-state index contributed by atoms with van der Waals surface area (Å²) in [5, 5.41) is 8.53. The highest BCUT2D eigenvalue weighted by molar-refractivity contribution is 9.10. The molecule has 0 radical (unpaired) electrons. The van der Waals surface area contributed by atoms with Gasteiger partial charge in [-0.2, -0.15) is 4.98 Å². The van der Waals surface area contributed by atoms with Crippen molar-refractivity contribution in [3.63, 3.8) is 0 Å². The zero-order chi connectivity index (χ0) is 23.4. The number of esters is 1. The third kappa shape index (κ3) is 5.25. The Morgan fingerprint density at radius 3 is 2.55 bits per heavy atom. The second kappa shape index (κ2) is 10.4. The van der Waals surface area contributed by atoms with Gasteiger partial charge < -0.3 is 14.8 Å². The number of allylic oxidation sites excluding steroid dienone is 1. The number of anilines is 1. The van der Waals surface area contributed by atoms with Crippen LogP contribution in [0.3, 0.4) is 0 Å². The van der Waals surface area contributed by atoms with Crippen LogP contribution in [-0.4, -0.2) is 33.1 Å². The van der Waals surface area contributed by atoms with Gasteiger partial charge in [0, 0.05) is 10.2 Å². The lowest BCUT2D eigenvalue weighted by molar-refractivity contribution is -0.139. The van der Waals surface area contributed by atoms with E-state index < -0.39 is 6.04 Å². The van der Waals surface area contributed by atoms with Crippen LogP contribution in [0.1, 0.15) is 37.9 Å². The Bertz CT molecular complexity index is 1160. The van der Waals surface area contributed by atoms with E-state index in [0.29, 0.717) is 35.6 Å². The number of halogens is 1. The molecule has 1 N–H and O–H groups in total.